The van der Waals surface area contributed by atoms with Crippen molar-refractivity contribution in [2.24, 2.45) is 0 Å². The third-order valence-corrected chi connectivity index (χ3v) is 3.07. The van der Waals surface area contributed by atoms with Gasteiger partial charge < -0.3 is 11.1 Å². The highest BCUT2D eigenvalue weighted by Gasteiger charge is 2.13. The summed E-state index contributed by atoms with van der Waals surface area (Å²) in [6, 6.07) is 7.05. The Hall–Kier alpha value is -3.02. The fourth-order valence-electron chi connectivity index (χ4n) is 2.08. The number of para-hydroxylation sites is 1. The van der Waals surface area contributed by atoms with Gasteiger partial charge in [0, 0.05) is 12.4 Å². The highest BCUT2D eigenvalue weighted by atomic mass is 16.1. The minimum Gasteiger partial charge on any atom is -0.397 e. The van der Waals surface area contributed by atoms with Gasteiger partial charge in [0.2, 0.25) is 0 Å². The Bertz CT molecular complexity index is 826. The summed E-state index contributed by atoms with van der Waals surface area (Å²) in [7, 11) is 0. The van der Waals surface area contributed by atoms with Gasteiger partial charge in [0.25, 0.3) is 5.91 Å². The Kier molecular flexibility index (Phi) is 3.19. The third-order valence-electron chi connectivity index (χ3n) is 3.07. The van der Waals surface area contributed by atoms with Crippen LogP contribution in [0.5, 0.6) is 0 Å². The molecule has 0 aliphatic carbocycles. The van der Waals surface area contributed by atoms with Gasteiger partial charge in [-0.15, -0.1) is 0 Å². The molecule has 0 atom stereocenters. The van der Waals surface area contributed by atoms with E-state index in [4.69, 9.17) is 5.73 Å². The molecule has 0 aliphatic rings. The van der Waals surface area contributed by atoms with Crippen LogP contribution in [-0.2, 0) is 0 Å². The minimum atomic E-state index is -0.276. The van der Waals surface area contributed by atoms with Crippen LogP contribution in [0.3, 0.4) is 0 Å². The maximum absolute atomic E-state index is 12.4. The summed E-state index contributed by atoms with van der Waals surface area (Å²) in [5.74, 6) is 0.205. The van der Waals surface area contributed by atoms with Crippen LogP contribution >= 0.6 is 0 Å². The van der Waals surface area contributed by atoms with E-state index in [1.165, 1.54) is 6.20 Å². The van der Waals surface area contributed by atoms with E-state index >= 15 is 0 Å². The summed E-state index contributed by atoms with van der Waals surface area (Å²) in [4.78, 5) is 24.9. The molecular weight excluding hydrogens is 266 g/mol. The lowest BCUT2D eigenvalue weighted by molar-refractivity contribution is 0.102. The predicted molar refractivity (Wildman–Crippen MR) is 80.9 cm³/mol. The second-order valence-corrected chi connectivity index (χ2v) is 4.62. The van der Waals surface area contributed by atoms with E-state index in [9.17, 15) is 4.79 Å². The second kappa shape index (κ2) is 5.16. The van der Waals surface area contributed by atoms with E-state index in [-0.39, 0.29) is 5.91 Å². The van der Waals surface area contributed by atoms with Crippen LogP contribution in [0.2, 0.25) is 0 Å². The lowest BCUT2D eigenvalue weighted by atomic mass is 10.1. The number of hydrogen-bond donors (Lipinski definition) is 2. The topological polar surface area (TPSA) is 93.8 Å². The number of rotatable bonds is 2. The van der Waals surface area contributed by atoms with Crippen molar-refractivity contribution < 1.29 is 4.79 Å². The molecule has 0 radical (unpaired) electrons. The summed E-state index contributed by atoms with van der Waals surface area (Å²) in [5.41, 5.74) is 8.70. The van der Waals surface area contributed by atoms with Crippen molar-refractivity contribution in [2.45, 2.75) is 6.92 Å². The van der Waals surface area contributed by atoms with Crippen LogP contribution in [-0.4, -0.2) is 20.9 Å². The number of pyridine rings is 1. The predicted octanol–water partition coefficient (Wildman–Crippen LogP) is 2.17. The lowest BCUT2D eigenvalue weighted by Gasteiger charge is -2.09. The van der Waals surface area contributed by atoms with Crippen molar-refractivity contribution >= 4 is 28.4 Å². The van der Waals surface area contributed by atoms with Gasteiger partial charge in [-0.2, -0.15) is 0 Å². The quantitative estimate of drug-likeness (QED) is 0.749. The monoisotopic (exact) mass is 279 g/mol. The first-order valence-electron chi connectivity index (χ1n) is 6.38. The van der Waals surface area contributed by atoms with Crippen LogP contribution in [0, 0.1) is 6.92 Å². The van der Waals surface area contributed by atoms with Crippen molar-refractivity contribution in [1.82, 2.24) is 15.0 Å². The normalized spacial score (nSPS) is 10.5. The third kappa shape index (κ3) is 2.51. The lowest BCUT2D eigenvalue weighted by Crippen LogP contribution is -2.15. The van der Waals surface area contributed by atoms with Crippen LogP contribution in [0.4, 0.5) is 11.5 Å². The maximum atomic E-state index is 12.4. The van der Waals surface area contributed by atoms with Crippen LogP contribution in [0.15, 0.2) is 42.9 Å². The average molecular weight is 279 g/mol. The Labute approximate surface area is 121 Å². The Morgan fingerprint density at radius 1 is 1.19 bits per heavy atom. The number of amides is 1. The number of carbonyl (C=O) groups is 1. The van der Waals surface area contributed by atoms with Gasteiger partial charge in [-0.25, -0.2) is 4.98 Å². The molecule has 1 amide bonds. The molecule has 2 aromatic heterocycles. The molecular formula is C15H13N5O. The molecule has 3 rings (SSSR count). The van der Waals surface area contributed by atoms with Crippen molar-refractivity contribution in [2.75, 3.05) is 11.1 Å². The van der Waals surface area contributed by atoms with Gasteiger partial charge in [-0.05, 0) is 30.7 Å². The van der Waals surface area contributed by atoms with Gasteiger partial charge in [-0.3, -0.25) is 14.8 Å². The smallest absolute Gasteiger partial charge is 0.259 e. The average Bonchev–Trinajstić information content (AvgIpc) is 2.49. The van der Waals surface area contributed by atoms with Gasteiger partial charge >= 0.3 is 0 Å². The van der Waals surface area contributed by atoms with Gasteiger partial charge in [0.15, 0.2) is 0 Å². The number of nitrogens with two attached hydrogens (primary N) is 1. The van der Waals surface area contributed by atoms with Crippen molar-refractivity contribution in [3.05, 3.63) is 54.0 Å². The summed E-state index contributed by atoms with van der Waals surface area (Å²) >= 11 is 0. The Morgan fingerprint density at radius 2 is 2.00 bits per heavy atom. The number of fused-ring (bicyclic) bond motifs is 1. The van der Waals surface area contributed by atoms with Crippen molar-refractivity contribution in [1.29, 1.82) is 0 Å². The second-order valence-electron chi connectivity index (χ2n) is 4.62. The molecule has 0 saturated carbocycles. The van der Waals surface area contributed by atoms with Crippen molar-refractivity contribution in [3.8, 4) is 0 Å². The molecule has 6 heteroatoms. The molecule has 0 spiro atoms. The first kappa shape index (κ1) is 13.0. The fourth-order valence-corrected chi connectivity index (χ4v) is 2.08. The number of nitrogens with zero attached hydrogens (tertiary/aromatic N) is 3. The zero-order valence-corrected chi connectivity index (χ0v) is 11.4. The van der Waals surface area contributed by atoms with Crippen LogP contribution in [0.25, 0.3) is 11.0 Å². The van der Waals surface area contributed by atoms with E-state index in [2.05, 4.69) is 20.3 Å². The number of aromatic nitrogens is 3. The summed E-state index contributed by atoms with van der Waals surface area (Å²) in [6.07, 6.45) is 4.66. The number of nitrogens with one attached hydrogen (secondary N) is 1. The van der Waals surface area contributed by atoms with Crippen LogP contribution in [0.1, 0.15) is 15.9 Å². The number of hydrogen-bond acceptors (Lipinski definition) is 5. The molecule has 21 heavy (non-hydrogen) atoms. The number of carbonyl (C=O) groups excluding carboxylic acids is 1. The molecule has 3 N–H and O–H groups in total. The number of anilines is 2. The Morgan fingerprint density at radius 3 is 2.81 bits per heavy atom. The molecule has 2 heterocycles. The highest BCUT2D eigenvalue weighted by molar-refractivity contribution is 6.11. The molecule has 3 aromatic rings. The van der Waals surface area contributed by atoms with Gasteiger partial charge in [0.1, 0.15) is 11.3 Å². The molecule has 0 aliphatic heterocycles. The number of nitrogen functional groups attached to an aromatic ring is 1. The van der Waals surface area contributed by atoms with E-state index in [0.717, 1.165) is 5.56 Å². The van der Waals surface area contributed by atoms with E-state index in [0.29, 0.717) is 28.1 Å². The molecule has 0 unspecified atom stereocenters. The zero-order valence-electron chi connectivity index (χ0n) is 11.4. The molecule has 0 saturated heterocycles. The highest BCUT2D eigenvalue weighted by Crippen LogP contribution is 2.18. The molecule has 1 aromatic carbocycles. The van der Waals surface area contributed by atoms with Crippen molar-refractivity contribution in [3.63, 3.8) is 0 Å². The van der Waals surface area contributed by atoms with Crippen LogP contribution < -0.4 is 11.1 Å². The summed E-state index contributed by atoms with van der Waals surface area (Å²) < 4.78 is 0. The number of aryl methyl sites for hydroxylation is 1. The molecule has 0 bridgehead atoms. The molecule has 104 valence electrons. The minimum absolute atomic E-state index is 0.276. The first-order valence-corrected chi connectivity index (χ1v) is 6.38. The molecule has 0 fully saturated rings. The number of benzene rings is 1. The summed E-state index contributed by atoms with van der Waals surface area (Å²) in [5, 5.41) is 2.77. The van der Waals surface area contributed by atoms with E-state index < -0.39 is 0 Å². The molecule has 6 nitrogen and oxygen atoms in total. The fraction of sp³-hybridized carbons (Fsp3) is 0.0667. The van der Waals surface area contributed by atoms with Gasteiger partial charge in [0.05, 0.1) is 23.0 Å². The van der Waals surface area contributed by atoms with E-state index in [1.807, 2.05) is 13.0 Å². The standard InChI is InChI=1S/C15H13N5O/c1-9-7-10(16)8-19-14(9)20-15(21)11-3-2-4-12-13(11)18-6-5-17-12/h2-8H,16H2,1H3,(H,19,20,21). The maximum Gasteiger partial charge on any atom is 0.259 e. The van der Waals surface area contributed by atoms with Gasteiger partial charge in [-0.1, -0.05) is 6.07 Å². The van der Waals surface area contributed by atoms with E-state index in [1.54, 1.807) is 30.6 Å². The first-order chi connectivity index (χ1) is 10.1. The zero-order chi connectivity index (χ0) is 14.8. The Balaban J connectivity index is 1.97. The SMILES string of the molecule is Cc1cc(N)cnc1NC(=O)c1cccc2nccnc12. The summed E-state index contributed by atoms with van der Waals surface area (Å²) in [6.45, 7) is 1.84. The largest absolute Gasteiger partial charge is 0.397 e.